The zero-order valence-electron chi connectivity index (χ0n) is 17.8. The Labute approximate surface area is 186 Å². The van der Waals surface area contributed by atoms with Gasteiger partial charge in [-0.3, -0.25) is 15.2 Å². The first-order valence-corrected chi connectivity index (χ1v) is 10.9. The quantitative estimate of drug-likeness (QED) is 0.593. The summed E-state index contributed by atoms with van der Waals surface area (Å²) in [6.45, 7) is 5.36. The number of rotatable bonds is 6. The van der Waals surface area contributed by atoms with Crippen LogP contribution >= 0.6 is 0 Å². The fraction of sp³-hybridized carbons (Fsp3) is 0.333. The van der Waals surface area contributed by atoms with E-state index in [1.54, 1.807) is 18.2 Å². The first-order chi connectivity index (χ1) is 15.8. The van der Waals surface area contributed by atoms with Gasteiger partial charge in [-0.2, -0.15) is 0 Å². The highest BCUT2D eigenvalue weighted by Crippen LogP contribution is 2.34. The van der Waals surface area contributed by atoms with Gasteiger partial charge in [-0.1, -0.05) is 18.2 Å². The van der Waals surface area contributed by atoms with Crippen LogP contribution in [0.5, 0.6) is 11.5 Å². The maximum absolute atomic E-state index is 12.0. The van der Waals surface area contributed by atoms with Crippen molar-refractivity contribution in [3.8, 4) is 11.5 Å². The van der Waals surface area contributed by atoms with Crippen molar-refractivity contribution in [2.75, 3.05) is 56.3 Å². The number of pyridine rings is 1. The third-order valence-corrected chi connectivity index (χ3v) is 5.80. The van der Waals surface area contributed by atoms with E-state index in [1.807, 2.05) is 12.3 Å². The molecule has 0 saturated carbocycles. The van der Waals surface area contributed by atoms with E-state index in [-0.39, 0.29) is 6.79 Å². The summed E-state index contributed by atoms with van der Waals surface area (Å²) < 4.78 is 15.9. The van der Waals surface area contributed by atoms with E-state index in [2.05, 4.69) is 44.4 Å². The molecule has 0 spiro atoms. The molecule has 0 bridgehead atoms. The van der Waals surface area contributed by atoms with Gasteiger partial charge in [0.05, 0.1) is 17.8 Å². The normalized spacial score (nSPS) is 15.7. The number of anilines is 2. The second-order valence-electron chi connectivity index (χ2n) is 7.86. The Bertz CT molecular complexity index is 1090. The fourth-order valence-corrected chi connectivity index (χ4v) is 4.14. The number of ether oxygens (including phenoxy) is 3. The van der Waals surface area contributed by atoms with Crippen LogP contribution in [0.15, 0.2) is 54.7 Å². The highest BCUT2D eigenvalue weighted by Gasteiger charge is 2.19. The molecular weight excluding hydrogens is 408 g/mol. The number of piperazine rings is 1. The maximum atomic E-state index is 12.0. The summed E-state index contributed by atoms with van der Waals surface area (Å²) in [6.07, 6.45) is 2.19. The molecule has 2 aliphatic rings. The lowest BCUT2D eigenvalue weighted by atomic mass is 10.1. The monoisotopic (exact) mass is 434 g/mol. The summed E-state index contributed by atoms with van der Waals surface area (Å²) in [5.74, 6) is 1.31. The summed E-state index contributed by atoms with van der Waals surface area (Å²) in [4.78, 5) is 21.4. The summed E-state index contributed by atoms with van der Waals surface area (Å²) in [6, 6.07) is 15.7. The molecule has 3 aromatic rings. The highest BCUT2D eigenvalue weighted by molar-refractivity contribution is 5.90. The first kappa shape index (κ1) is 20.4. The molecule has 166 valence electrons. The molecule has 1 aromatic heterocycles. The van der Waals surface area contributed by atoms with Gasteiger partial charge in [0.25, 0.3) is 0 Å². The molecule has 8 heteroatoms. The van der Waals surface area contributed by atoms with Crippen molar-refractivity contribution in [1.82, 2.24) is 9.88 Å². The van der Waals surface area contributed by atoms with E-state index >= 15 is 0 Å². The summed E-state index contributed by atoms with van der Waals surface area (Å²) in [5, 5.41) is 3.90. The second kappa shape index (κ2) is 9.32. The Hall–Kier alpha value is -3.52. The van der Waals surface area contributed by atoms with Crippen LogP contribution in [0.4, 0.5) is 16.2 Å². The highest BCUT2D eigenvalue weighted by atomic mass is 16.7. The van der Waals surface area contributed by atoms with Crippen molar-refractivity contribution < 1.29 is 19.0 Å². The number of aromatic nitrogens is 1. The van der Waals surface area contributed by atoms with Gasteiger partial charge in [0.1, 0.15) is 0 Å². The van der Waals surface area contributed by atoms with Crippen LogP contribution in [0.25, 0.3) is 10.9 Å². The lowest BCUT2D eigenvalue weighted by Crippen LogP contribution is -2.46. The van der Waals surface area contributed by atoms with Crippen LogP contribution in [0.2, 0.25) is 0 Å². The van der Waals surface area contributed by atoms with Crippen LogP contribution in [0.1, 0.15) is 6.42 Å². The summed E-state index contributed by atoms with van der Waals surface area (Å²) >= 11 is 0. The van der Waals surface area contributed by atoms with E-state index in [0.29, 0.717) is 23.8 Å². The van der Waals surface area contributed by atoms with E-state index in [1.165, 1.54) is 11.1 Å². The van der Waals surface area contributed by atoms with Crippen LogP contribution in [0.3, 0.4) is 0 Å². The van der Waals surface area contributed by atoms with Crippen molar-refractivity contribution in [1.29, 1.82) is 0 Å². The van der Waals surface area contributed by atoms with E-state index in [9.17, 15) is 4.79 Å². The standard InChI is InChI=1S/C24H26N4O4/c29-24(26-19-7-8-21-22(16-19)32-17-31-21)30-15-3-10-27-11-13-28(14-12-27)20-6-1-4-18-5-2-9-25-23(18)20/h1-2,4-9,16H,3,10-15,17H2,(H,26,29). The average molecular weight is 434 g/mol. The van der Waals surface area contributed by atoms with Gasteiger partial charge in [0.15, 0.2) is 11.5 Å². The molecule has 8 nitrogen and oxygen atoms in total. The molecule has 1 N–H and O–H groups in total. The van der Waals surface area contributed by atoms with Crippen LogP contribution in [-0.2, 0) is 4.74 Å². The number of fused-ring (bicyclic) bond motifs is 2. The molecule has 32 heavy (non-hydrogen) atoms. The Kier molecular flexibility index (Phi) is 5.93. The predicted octanol–water partition coefficient (Wildman–Crippen LogP) is 3.72. The molecule has 0 aliphatic carbocycles. The topological polar surface area (TPSA) is 76.2 Å². The summed E-state index contributed by atoms with van der Waals surface area (Å²) in [5.41, 5.74) is 2.88. The number of nitrogens with one attached hydrogen (secondary N) is 1. The summed E-state index contributed by atoms with van der Waals surface area (Å²) in [7, 11) is 0. The van der Waals surface area contributed by atoms with E-state index in [4.69, 9.17) is 14.2 Å². The minimum atomic E-state index is -0.461. The number of nitrogens with zero attached hydrogens (tertiary/aromatic N) is 3. The van der Waals surface area contributed by atoms with Crippen molar-refractivity contribution >= 4 is 28.4 Å². The molecule has 1 saturated heterocycles. The fourth-order valence-electron chi connectivity index (χ4n) is 4.14. The molecule has 5 rings (SSSR count). The van der Waals surface area contributed by atoms with Gasteiger partial charge < -0.3 is 19.1 Å². The second-order valence-corrected chi connectivity index (χ2v) is 7.86. The van der Waals surface area contributed by atoms with Gasteiger partial charge in [-0.25, -0.2) is 4.79 Å². The van der Waals surface area contributed by atoms with Crippen LogP contribution in [-0.4, -0.2) is 62.1 Å². The Morgan fingerprint density at radius 3 is 2.78 bits per heavy atom. The first-order valence-electron chi connectivity index (χ1n) is 10.9. The van der Waals surface area contributed by atoms with Crippen molar-refractivity contribution in [3.63, 3.8) is 0 Å². The number of benzene rings is 2. The van der Waals surface area contributed by atoms with Crippen LogP contribution < -0.4 is 19.7 Å². The Morgan fingerprint density at radius 1 is 1.03 bits per heavy atom. The molecule has 1 amide bonds. The third-order valence-electron chi connectivity index (χ3n) is 5.80. The van der Waals surface area contributed by atoms with Crippen molar-refractivity contribution in [2.45, 2.75) is 6.42 Å². The molecule has 1 fully saturated rings. The van der Waals surface area contributed by atoms with Crippen molar-refractivity contribution in [3.05, 3.63) is 54.7 Å². The third kappa shape index (κ3) is 4.55. The van der Waals surface area contributed by atoms with Gasteiger partial charge in [0, 0.05) is 56.1 Å². The average Bonchev–Trinajstić information content (AvgIpc) is 3.30. The largest absolute Gasteiger partial charge is 0.454 e. The zero-order valence-corrected chi connectivity index (χ0v) is 17.8. The van der Waals surface area contributed by atoms with Crippen molar-refractivity contribution in [2.24, 2.45) is 0 Å². The SMILES string of the molecule is O=C(Nc1ccc2c(c1)OCO2)OCCCN1CCN(c2cccc3cccnc23)CC1. The molecule has 3 heterocycles. The minimum Gasteiger partial charge on any atom is -0.454 e. The van der Waals surface area contributed by atoms with Gasteiger partial charge >= 0.3 is 6.09 Å². The molecular formula is C24H26N4O4. The minimum absolute atomic E-state index is 0.205. The number of carbonyl (C=O) groups is 1. The molecule has 2 aromatic carbocycles. The molecule has 0 radical (unpaired) electrons. The van der Waals surface area contributed by atoms with E-state index in [0.717, 1.165) is 44.7 Å². The number of carbonyl (C=O) groups excluding carboxylic acids is 1. The maximum Gasteiger partial charge on any atom is 0.411 e. The van der Waals surface area contributed by atoms with E-state index < -0.39 is 6.09 Å². The number of para-hydroxylation sites is 1. The number of amides is 1. The van der Waals surface area contributed by atoms with Crippen LogP contribution in [0, 0.1) is 0 Å². The molecule has 2 aliphatic heterocycles. The Morgan fingerprint density at radius 2 is 1.88 bits per heavy atom. The lowest BCUT2D eigenvalue weighted by molar-refractivity contribution is 0.151. The number of hydrogen-bond acceptors (Lipinski definition) is 7. The molecule has 0 atom stereocenters. The lowest BCUT2D eigenvalue weighted by Gasteiger charge is -2.36. The van der Waals surface area contributed by atoms with Gasteiger partial charge in [-0.05, 0) is 30.7 Å². The smallest absolute Gasteiger partial charge is 0.411 e. The molecule has 0 unspecified atom stereocenters. The number of hydrogen-bond donors (Lipinski definition) is 1. The zero-order chi connectivity index (χ0) is 21.8. The van der Waals surface area contributed by atoms with Gasteiger partial charge in [-0.15, -0.1) is 0 Å². The van der Waals surface area contributed by atoms with Gasteiger partial charge in [0.2, 0.25) is 6.79 Å². The predicted molar refractivity (Wildman–Crippen MR) is 123 cm³/mol. The Balaban J connectivity index is 1.03.